The first-order chi connectivity index (χ1) is 6.02. The second kappa shape index (κ2) is 4.68. The SMILES string of the molecule is CC(C)CCCC1(C)CCC(Cl)C1. The van der Waals surface area contributed by atoms with E-state index in [4.69, 9.17) is 11.6 Å². The summed E-state index contributed by atoms with van der Waals surface area (Å²) in [6.07, 6.45) is 7.97. The van der Waals surface area contributed by atoms with Gasteiger partial charge < -0.3 is 0 Å². The van der Waals surface area contributed by atoms with E-state index in [2.05, 4.69) is 20.8 Å². The molecule has 1 fully saturated rings. The summed E-state index contributed by atoms with van der Waals surface area (Å²) in [5, 5.41) is 0.462. The highest BCUT2D eigenvalue weighted by atomic mass is 35.5. The fourth-order valence-electron chi connectivity index (χ4n) is 2.41. The average molecular weight is 203 g/mol. The zero-order chi connectivity index (χ0) is 9.90. The average Bonchev–Trinajstić information content (AvgIpc) is 2.30. The molecular formula is C12H23Cl. The van der Waals surface area contributed by atoms with E-state index in [0.29, 0.717) is 10.8 Å². The highest BCUT2D eigenvalue weighted by Gasteiger charge is 2.33. The van der Waals surface area contributed by atoms with Gasteiger partial charge in [0.2, 0.25) is 0 Å². The molecule has 2 unspecified atom stereocenters. The lowest BCUT2D eigenvalue weighted by Gasteiger charge is -2.23. The predicted molar refractivity (Wildman–Crippen MR) is 60.3 cm³/mol. The Bertz CT molecular complexity index is 153. The van der Waals surface area contributed by atoms with Crippen molar-refractivity contribution in [2.24, 2.45) is 11.3 Å². The van der Waals surface area contributed by atoms with Gasteiger partial charge in [-0.05, 0) is 37.0 Å². The monoisotopic (exact) mass is 202 g/mol. The molecule has 0 spiro atoms. The maximum absolute atomic E-state index is 6.14. The summed E-state index contributed by atoms with van der Waals surface area (Å²) in [6, 6.07) is 0. The van der Waals surface area contributed by atoms with Crippen molar-refractivity contribution in [3.63, 3.8) is 0 Å². The van der Waals surface area contributed by atoms with Crippen LogP contribution in [-0.2, 0) is 0 Å². The third kappa shape index (κ3) is 3.89. The van der Waals surface area contributed by atoms with Gasteiger partial charge in [-0.3, -0.25) is 0 Å². The van der Waals surface area contributed by atoms with Crippen molar-refractivity contribution in [3.8, 4) is 0 Å². The normalized spacial score (nSPS) is 34.4. The zero-order valence-corrected chi connectivity index (χ0v) is 10.0. The number of rotatable bonds is 4. The topological polar surface area (TPSA) is 0 Å². The van der Waals surface area contributed by atoms with Crippen molar-refractivity contribution >= 4 is 11.6 Å². The van der Waals surface area contributed by atoms with Gasteiger partial charge in [-0.2, -0.15) is 0 Å². The van der Waals surface area contributed by atoms with Crippen LogP contribution in [0.4, 0.5) is 0 Å². The third-order valence-corrected chi connectivity index (χ3v) is 3.71. The Balaban J connectivity index is 2.20. The quantitative estimate of drug-likeness (QED) is 0.584. The molecule has 1 saturated carbocycles. The molecule has 13 heavy (non-hydrogen) atoms. The Labute approximate surface area is 88.1 Å². The molecular weight excluding hydrogens is 180 g/mol. The number of alkyl halides is 1. The maximum Gasteiger partial charge on any atom is 0.0341 e. The van der Waals surface area contributed by atoms with Crippen LogP contribution < -0.4 is 0 Å². The molecule has 0 radical (unpaired) electrons. The van der Waals surface area contributed by atoms with E-state index in [-0.39, 0.29) is 0 Å². The zero-order valence-electron chi connectivity index (χ0n) is 9.28. The molecule has 2 atom stereocenters. The number of halogens is 1. The second-order valence-electron chi connectivity index (χ2n) is 5.44. The van der Waals surface area contributed by atoms with E-state index in [1.54, 1.807) is 0 Å². The van der Waals surface area contributed by atoms with E-state index in [0.717, 1.165) is 5.92 Å². The molecule has 0 N–H and O–H groups in total. The third-order valence-electron chi connectivity index (χ3n) is 3.34. The minimum atomic E-state index is 0.462. The molecule has 0 bridgehead atoms. The lowest BCUT2D eigenvalue weighted by molar-refractivity contribution is 0.289. The standard InChI is InChI=1S/C12H23Cl/c1-10(2)5-4-7-12(3)8-6-11(13)9-12/h10-11H,4-9H2,1-3H3. The summed E-state index contributed by atoms with van der Waals surface area (Å²) in [5.41, 5.74) is 0.571. The molecule has 0 amide bonds. The summed E-state index contributed by atoms with van der Waals surface area (Å²) >= 11 is 6.14. The van der Waals surface area contributed by atoms with Gasteiger partial charge in [-0.25, -0.2) is 0 Å². The highest BCUT2D eigenvalue weighted by molar-refractivity contribution is 6.20. The molecule has 0 aromatic carbocycles. The minimum Gasteiger partial charge on any atom is -0.123 e. The highest BCUT2D eigenvalue weighted by Crippen LogP contribution is 2.44. The largest absolute Gasteiger partial charge is 0.123 e. The molecule has 78 valence electrons. The van der Waals surface area contributed by atoms with Crippen LogP contribution in [0.5, 0.6) is 0 Å². The van der Waals surface area contributed by atoms with E-state index in [9.17, 15) is 0 Å². The Morgan fingerprint density at radius 3 is 2.62 bits per heavy atom. The summed E-state index contributed by atoms with van der Waals surface area (Å²) < 4.78 is 0. The molecule has 1 aliphatic rings. The van der Waals surface area contributed by atoms with Crippen molar-refractivity contribution in [1.82, 2.24) is 0 Å². The summed E-state index contributed by atoms with van der Waals surface area (Å²) in [7, 11) is 0. The summed E-state index contributed by atoms with van der Waals surface area (Å²) in [4.78, 5) is 0. The fraction of sp³-hybridized carbons (Fsp3) is 1.00. The van der Waals surface area contributed by atoms with Crippen molar-refractivity contribution < 1.29 is 0 Å². The second-order valence-corrected chi connectivity index (χ2v) is 6.05. The van der Waals surface area contributed by atoms with Gasteiger partial charge in [0.15, 0.2) is 0 Å². The van der Waals surface area contributed by atoms with Crippen LogP contribution in [0.3, 0.4) is 0 Å². The van der Waals surface area contributed by atoms with E-state index in [1.165, 1.54) is 38.5 Å². The lowest BCUT2D eigenvalue weighted by Crippen LogP contribution is -2.12. The van der Waals surface area contributed by atoms with E-state index in [1.807, 2.05) is 0 Å². The predicted octanol–water partition coefficient (Wildman–Crippen LogP) is 4.61. The van der Waals surface area contributed by atoms with Gasteiger partial charge in [0.05, 0.1) is 0 Å². The summed E-state index contributed by atoms with van der Waals surface area (Å²) in [6.45, 7) is 7.03. The van der Waals surface area contributed by atoms with Crippen LogP contribution in [-0.4, -0.2) is 5.38 Å². The van der Waals surface area contributed by atoms with Crippen LogP contribution in [0.2, 0.25) is 0 Å². The van der Waals surface area contributed by atoms with Crippen LogP contribution >= 0.6 is 11.6 Å². The molecule has 1 heteroatoms. The van der Waals surface area contributed by atoms with Crippen LogP contribution in [0.25, 0.3) is 0 Å². The van der Waals surface area contributed by atoms with Crippen LogP contribution in [0.1, 0.15) is 59.3 Å². The smallest absolute Gasteiger partial charge is 0.0341 e. The Morgan fingerprint density at radius 1 is 1.46 bits per heavy atom. The molecule has 1 aliphatic carbocycles. The van der Waals surface area contributed by atoms with Gasteiger partial charge in [0.1, 0.15) is 0 Å². The van der Waals surface area contributed by atoms with Crippen molar-refractivity contribution in [1.29, 1.82) is 0 Å². The first-order valence-corrected chi connectivity index (χ1v) is 6.09. The van der Waals surface area contributed by atoms with Crippen LogP contribution in [0, 0.1) is 11.3 Å². The van der Waals surface area contributed by atoms with Crippen molar-refractivity contribution in [2.75, 3.05) is 0 Å². The summed E-state index contributed by atoms with van der Waals surface area (Å²) in [5.74, 6) is 0.858. The lowest BCUT2D eigenvalue weighted by atomic mass is 9.82. The molecule has 0 nitrogen and oxygen atoms in total. The van der Waals surface area contributed by atoms with Gasteiger partial charge in [-0.1, -0.05) is 33.6 Å². The van der Waals surface area contributed by atoms with Gasteiger partial charge in [0.25, 0.3) is 0 Å². The van der Waals surface area contributed by atoms with E-state index < -0.39 is 0 Å². The molecule has 0 heterocycles. The minimum absolute atomic E-state index is 0.462. The Hall–Kier alpha value is 0.290. The Kier molecular flexibility index (Phi) is 4.09. The first-order valence-electron chi connectivity index (χ1n) is 5.66. The molecule has 0 aromatic heterocycles. The van der Waals surface area contributed by atoms with Gasteiger partial charge >= 0.3 is 0 Å². The van der Waals surface area contributed by atoms with E-state index >= 15 is 0 Å². The maximum atomic E-state index is 6.14. The van der Waals surface area contributed by atoms with Crippen molar-refractivity contribution in [3.05, 3.63) is 0 Å². The van der Waals surface area contributed by atoms with Gasteiger partial charge in [0, 0.05) is 5.38 Å². The molecule has 0 saturated heterocycles. The molecule has 0 aromatic rings. The molecule has 0 aliphatic heterocycles. The van der Waals surface area contributed by atoms with Gasteiger partial charge in [-0.15, -0.1) is 11.6 Å². The number of hydrogen-bond acceptors (Lipinski definition) is 0. The molecule has 1 rings (SSSR count). The first kappa shape index (κ1) is 11.4. The van der Waals surface area contributed by atoms with Crippen LogP contribution in [0.15, 0.2) is 0 Å². The van der Waals surface area contributed by atoms with Crippen molar-refractivity contribution in [2.45, 2.75) is 64.7 Å². The Morgan fingerprint density at radius 2 is 2.15 bits per heavy atom. The fourth-order valence-corrected chi connectivity index (χ4v) is 2.89. The number of hydrogen-bond donors (Lipinski definition) is 0.